The van der Waals surface area contributed by atoms with Gasteiger partial charge in [0.25, 0.3) is 5.91 Å². The molecule has 25 heavy (non-hydrogen) atoms. The third-order valence-electron chi connectivity index (χ3n) is 3.66. The van der Waals surface area contributed by atoms with E-state index in [1.54, 1.807) is 17.0 Å². The Balaban J connectivity index is 2.03. The van der Waals surface area contributed by atoms with Crippen LogP contribution >= 0.6 is 0 Å². The number of nitrogens with one attached hydrogen (secondary N) is 3. The molecular weight excluding hydrogens is 324 g/mol. The lowest BCUT2D eigenvalue weighted by molar-refractivity contribution is -0.127. The van der Waals surface area contributed by atoms with Crippen molar-refractivity contribution in [1.82, 2.24) is 16.0 Å². The molecule has 0 saturated carbocycles. The van der Waals surface area contributed by atoms with Crippen molar-refractivity contribution in [3.05, 3.63) is 24.3 Å². The molecule has 1 atom stereocenters. The highest BCUT2D eigenvalue weighted by atomic mass is 16.5. The molecule has 0 fully saturated rings. The van der Waals surface area contributed by atoms with Crippen LogP contribution in [-0.4, -0.2) is 50.6 Å². The number of imide groups is 1. The summed E-state index contributed by atoms with van der Waals surface area (Å²) in [4.78, 5) is 37.5. The summed E-state index contributed by atoms with van der Waals surface area (Å²) in [5, 5.41) is 7.47. The topological polar surface area (TPSA) is 99.8 Å². The van der Waals surface area contributed by atoms with Crippen molar-refractivity contribution in [2.45, 2.75) is 20.0 Å². The molecule has 4 amide bonds. The Morgan fingerprint density at radius 3 is 2.68 bits per heavy atom. The van der Waals surface area contributed by atoms with Crippen LogP contribution in [0.1, 0.15) is 13.8 Å². The van der Waals surface area contributed by atoms with Crippen molar-refractivity contribution in [2.24, 2.45) is 5.92 Å². The van der Waals surface area contributed by atoms with Crippen LogP contribution < -0.4 is 25.6 Å². The van der Waals surface area contributed by atoms with E-state index in [1.807, 2.05) is 26.0 Å². The molecule has 8 nitrogen and oxygen atoms in total. The molecule has 0 bridgehead atoms. The minimum Gasteiger partial charge on any atom is -0.477 e. The van der Waals surface area contributed by atoms with E-state index in [0.717, 1.165) is 0 Å². The molecule has 0 aliphatic carbocycles. The van der Waals surface area contributed by atoms with Crippen molar-refractivity contribution < 1.29 is 19.1 Å². The van der Waals surface area contributed by atoms with E-state index in [1.165, 1.54) is 7.05 Å². The Kier molecular flexibility index (Phi) is 6.21. The van der Waals surface area contributed by atoms with Gasteiger partial charge in [-0.1, -0.05) is 26.0 Å². The van der Waals surface area contributed by atoms with Gasteiger partial charge >= 0.3 is 6.03 Å². The van der Waals surface area contributed by atoms with E-state index >= 15 is 0 Å². The van der Waals surface area contributed by atoms with Crippen LogP contribution in [0, 0.1) is 5.92 Å². The number of fused-ring (bicyclic) bond motifs is 1. The number of amides is 4. The Hall–Kier alpha value is -2.77. The third kappa shape index (κ3) is 5.10. The average Bonchev–Trinajstić information content (AvgIpc) is 2.59. The molecule has 0 radical (unpaired) electrons. The van der Waals surface area contributed by atoms with Gasteiger partial charge in [0.1, 0.15) is 5.75 Å². The van der Waals surface area contributed by atoms with Gasteiger partial charge in [-0.25, -0.2) is 4.79 Å². The first kappa shape index (κ1) is 18.6. The molecule has 1 aliphatic heterocycles. The minimum atomic E-state index is -0.720. The van der Waals surface area contributed by atoms with Gasteiger partial charge < -0.3 is 20.3 Å². The summed E-state index contributed by atoms with van der Waals surface area (Å²) in [6.07, 6.45) is -0.720. The van der Waals surface area contributed by atoms with Crippen LogP contribution in [0.25, 0.3) is 0 Å². The first-order chi connectivity index (χ1) is 11.9. The Bertz CT molecular complexity index is 647. The molecule has 1 heterocycles. The van der Waals surface area contributed by atoms with E-state index < -0.39 is 18.0 Å². The summed E-state index contributed by atoms with van der Waals surface area (Å²) >= 11 is 0. The van der Waals surface area contributed by atoms with Gasteiger partial charge in [0.2, 0.25) is 5.91 Å². The highest BCUT2D eigenvalue weighted by Gasteiger charge is 2.31. The Morgan fingerprint density at radius 1 is 1.28 bits per heavy atom. The summed E-state index contributed by atoms with van der Waals surface area (Å²) in [6.45, 7) is 4.58. The number of hydrogen-bond acceptors (Lipinski definition) is 5. The maximum Gasteiger partial charge on any atom is 0.321 e. The van der Waals surface area contributed by atoms with E-state index in [2.05, 4.69) is 16.0 Å². The first-order valence-corrected chi connectivity index (χ1v) is 8.20. The summed E-state index contributed by atoms with van der Waals surface area (Å²) in [5.74, 6) is 0.0999. The van der Waals surface area contributed by atoms with Crippen LogP contribution in [-0.2, 0) is 9.59 Å². The van der Waals surface area contributed by atoms with E-state index in [9.17, 15) is 14.4 Å². The maximum absolute atomic E-state index is 12.2. The lowest BCUT2D eigenvalue weighted by Crippen LogP contribution is -2.52. The number of carbonyl (C=O) groups excluding carboxylic acids is 3. The number of carbonyl (C=O) groups is 3. The normalized spacial score (nSPS) is 15.8. The van der Waals surface area contributed by atoms with Crippen LogP contribution in [0.5, 0.6) is 5.75 Å². The second-order valence-corrected chi connectivity index (χ2v) is 6.22. The van der Waals surface area contributed by atoms with Gasteiger partial charge in [-0.3, -0.25) is 14.9 Å². The van der Waals surface area contributed by atoms with Gasteiger partial charge in [-0.2, -0.15) is 0 Å². The minimum absolute atomic E-state index is 0.0526. The van der Waals surface area contributed by atoms with Crippen molar-refractivity contribution in [3.8, 4) is 5.75 Å². The first-order valence-electron chi connectivity index (χ1n) is 8.20. The molecular formula is C17H24N4O4. The zero-order valence-corrected chi connectivity index (χ0v) is 14.7. The van der Waals surface area contributed by atoms with Crippen molar-refractivity contribution >= 4 is 23.5 Å². The number of urea groups is 1. The SMILES string of the molecule is CNC(=O)[C@@H]1CN(CC(=O)NC(=O)NCC(C)C)c2ccccc2O1. The van der Waals surface area contributed by atoms with Gasteiger partial charge in [0, 0.05) is 13.6 Å². The lowest BCUT2D eigenvalue weighted by atomic mass is 10.1. The molecule has 0 saturated heterocycles. The van der Waals surface area contributed by atoms with Crippen molar-refractivity contribution in [1.29, 1.82) is 0 Å². The fourth-order valence-corrected chi connectivity index (χ4v) is 2.43. The zero-order valence-electron chi connectivity index (χ0n) is 14.7. The highest BCUT2D eigenvalue weighted by molar-refractivity contribution is 5.97. The van der Waals surface area contributed by atoms with Gasteiger partial charge in [-0.15, -0.1) is 0 Å². The molecule has 136 valence electrons. The number of nitrogens with zero attached hydrogens (tertiary/aromatic N) is 1. The number of rotatable bonds is 5. The number of likely N-dealkylation sites (N-methyl/N-ethyl adjacent to an activating group) is 1. The van der Waals surface area contributed by atoms with Crippen LogP contribution in [0.3, 0.4) is 0 Å². The number of para-hydroxylation sites is 2. The second-order valence-electron chi connectivity index (χ2n) is 6.22. The molecule has 8 heteroatoms. The molecule has 0 unspecified atom stereocenters. The van der Waals surface area contributed by atoms with Gasteiger partial charge in [-0.05, 0) is 18.1 Å². The van der Waals surface area contributed by atoms with Crippen molar-refractivity contribution in [2.75, 3.05) is 31.6 Å². The average molecular weight is 348 g/mol. The standard InChI is InChI=1S/C17H24N4O4/c1-11(2)8-19-17(24)20-15(22)10-21-9-14(16(23)18-3)25-13-7-5-4-6-12(13)21/h4-7,11,14H,8-10H2,1-3H3,(H,18,23)(H2,19,20,22,24)/t14-/m0/s1. The molecule has 2 rings (SSSR count). The fraction of sp³-hybridized carbons (Fsp3) is 0.471. The summed E-state index contributed by atoms with van der Waals surface area (Å²) in [6, 6.07) is 6.64. The van der Waals surface area contributed by atoms with E-state index in [0.29, 0.717) is 23.9 Å². The highest BCUT2D eigenvalue weighted by Crippen LogP contribution is 2.32. The van der Waals surface area contributed by atoms with Crippen molar-refractivity contribution in [3.63, 3.8) is 0 Å². The Labute approximate surface area is 146 Å². The molecule has 3 N–H and O–H groups in total. The molecule has 1 aliphatic rings. The zero-order chi connectivity index (χ0) is 18.4. The van der Waals surface area contributed by atoms with Gasteiger partial charge in [0.05, 0.1) is 18.8 Å². The predicted octanol–water partition coefficient (Wildman–Crippen LogP) is 0.482. The maximum atomic E-state index is 12.2. The lowest BCUT2D eigenvalue weighted by Gasteiger charge is -2.34. The molecule has 1 aromatic rings. The van der Waals surface area contributed by atoms with E-state index in [4.69, 9.17) is 4.74 Å². The van der Waals surface area contributed by atoms with Crippen LogP contribution in [0.4, 0.5) is 10.5 Å². The quantitative estimate of drug-likeness (QED) is 0.719. The number of anilines is 1. The van der Waals surface area contributed by atoms with Crippen LogP contribution in [0.2, 0.25) is 0 Å². The second kappa shape index (κ2) is 8.36. The molecule has 0 aromatic heterocycles. The Morgan fingerprint density at radius 2 is 2.00 bits per heavy atom. The molecule has 0 spiro atoms. The number of hydrogen-bond donors (Lipinski definition) is 3. The fourth-order valence-electron chi connectivity index (χ4n) is 2.43. The monoisotopic (exact) mass is 348 g/mol. The third-order valence-corrected chi connectivity index (χ3v) is 3.66. The summed E-state index contributed by atoms with van der Waals surface area (Å²) in [5.41, 5.74) is 0.709. The summed E-state index contributed by atoms with van der Waals surface area (Å²) < 4.78 is 5.68. The number of ether oxygens (including phenoxy) is 1. The molecule has 1 aromatic carbocycles. The summed E-state index contributed by atoms with van der Waals surface area (Å²) in [7, 11) is 1.53. The van der Waals surface area contributed by atoms with Crippen LogP contribution in [0.15, 0.2) is 24.3 Å². The largest absolute Gasteiger partial charge is 0.477 e. The smallest absolute Gasteiger partial charge is 0.321 e. The van der Waals surface area contributed by atoms with Gasteiger partial charge in [0.15, 0.2) is 6.10 Å². The van der Waals surface area contributed by atoms with E-state index in [-0.39, 0.29) is 19.0 Å². The predicted molar refractivity (Wildman–Crippen MR) is 93.5 cm³/mol. The number of benzene rings is 1.